The second-order valence-corrected chi connectivity index (χ2v) is 8.13. The quantitative estimate of drug-likeness (QED) is 0.507. The van der Waals surface area contributed by atoms with Crippen LogP contribution in [-0.2, 0) is 13.0 Å². The monoisotopic (exact) mass is 424 g/mol. The fourth-order valence-electron chi connectivity index (χ4n) is 4.42. The van der Waals surface area contributed by atoms with Gasteiger partial charge in [-0.25, -0.2) is 4.68 Å². The molecule has 1 aliphatic rings. The minimum atomic E-state index is -0.0241. The normalized spacial score (nSPS) is 19.7. The van der Waals surface area contributed by atoms with Gasteiger partial charge in [0, 0.05) is 6.54 Å². The summed E-state index contributed by atoms with van der Waals surface area (Å²) in [5.41, 5.74) is 2.34. The van der Waals surface area contributed by atoms with Gasteiger partial charge in [-0.3, -0.25) is 0 Å². The van der Waals surface area contributed by atoms with E-state index in [0.29, 0.717) is 0 Å². The first-order valence-corrected chi connectivity index (χ1v) is 10.9. The molecule has 2 N–H and O–H groups in total. The Morgan fingerprint density at radius 2 is 1.74 bits per heavy atom. The van der Waals surface area contributed by atoms with Crippen LogP contribution in [0.25, 0.3) is 0 Å². The van der Waals surface area contributed by atoms with Gasteiger partial charge < -0.3 is 19.3 Å². The highest BCUT2D eigenvalue weighted by molar-refractivity contribution is 5.48. The topological polar surface area (TPSA) is 70.9 Å². The van der Waals surface area contributed by atoms with Crippen LogP contribution in [0.4, 0.5) is 0 Å². The molecular formula is C23H32N6O2+2. The van der Waals surface area contributed by atoms with Crippen molar-refractivity contribution < 1.29 is 19.3 Å². The summed E-state index contributed by atoms with van der Waals surface area (Å²) >= 11 is 0. The van der Waals surface area contributed by atoms with Crippen LogP contribution in [0.5, 0.6) is 11.5 Å². The molecule has 31 heavy (non-hydrogen) atoms. The SMILES string of the molecule is COc1cccc([C@H](c2nnnn2CCc2ccccc2)[NH+]2CC[NH+](C)CC2)c1OC. The molecule has 2 heterocycles. The third kappa shape index (κ3) is 4.70. The lowest BCUT2D eigenvalue weighted by Crippen LogP contribution is -3.27. The number of ether oxygens (including phenoxy) is 2. The number of para-hydroxylation sites is 1. The Hall–Kier alpha value is -2.97. The smallest absolute Gasteiger partial charge is 0.214 e. The number of hydrogen-bond donors (Lipinski definition) is 2. The van der Waals surface area contributed by atoms with E-state index in [1.54, 1.807) is 19.1 Å². The van der Waals surface area contributed by atoms with Gasteiger partial charge >= 0.3 is 0 Å². The number of likely N-dealkylation sites (N-methyl/N-ethyl adjacent to an activating group) is 1. The van der Waals surface area contributed by atoms with E-state index in [0.717, 1.165) is 62.0 Å². The molecule has 4 rings (SSSR count). The summed E-state index contributed by atoms with van der Waals surface area (Å²) in [6, 6.07) is 16.5. The van der Waals surface area contributed by atoms with Crippen LogP contribution in [0.2, 0.25) is 0 Å². The summed E-state index contributed by atoms with van der Waals surface area (Å²) in [4.78, 5) is 3.01. The Morgan fingerprint density at radius 1 is 0.968 bits per heavy atom. The van der Waals surface area contributed by atoms with Crippen molar-refractivity contribution in [2.24, 2.45) is 0 Å². The number of aromatic nitrogens is 4. The summed E-state index contributed by atoms with van der Waals surface area (Å²) in [6.45, 7) is 5.05. The standard InChI is InChI=1S/C23H30N6O2/c1-27-14-16-28(17-15-27)21(19-10-7-11-20(30-2)22(19)31-3)23-24-25-26-29(23)13-12-18-8-5-4-6-9-18/h4-11,21H,12-17H2,1-3H3/p+2/t21-/m1/s1. The van der Waals surface area contributed by atoms with Gasteiger partial charge in [0.2, 0.25) is 5.82 Å². The van der Waals surface area contributed by atoms with Crippen LogP contribution in [-0.4, -0.2) is 67.7 Å². The number of rotatable bonds is 8. The molecule has 1 atom stereocenters. The number of nitrogens with zero attached hydrogens (tertiary/aromatic N) is 4. The van der Waals surface area contributed by atoms with Crippen LogP contribution < -0.4 is 19.3 Å². The minimum Gasteiger partial charge on any atom is -0.493 e. The lowest BCUT2D eigenvalue weighted by molar-refractivity contribution is -1.02. The minimum absolute atomic E-state index is 0.0241. The highest BCUT2D eigenvalue weighted by atomic mass is 16.5. The van der Waals surface area contributed by atoms with Gasteiger partial charge in [-0.05, 0) is 34.5 Å². The van der Waals surface area contributed by atoms with E-state index >= 15 is 0 Å². The number of hydrogen-bond acceptors (Lipinski definition) is 5. The van der Waals surface area contributed by atoms with Crippen LogP contribution in [0.3, 0.4) is 0 Å². The molecule has 0 unspecified atom stereocenters. The third-order valence-corrected chi connectivity index (χ3v) is 6.17. The zero-order valence-corrected chi connectivity index (χ0v) is 18.5. The highest BCUT2D eigenvalue weighted by Gasteiger charge is 2.37. The zero-order valence-electron chi connectivity index (χ0n) is 18.5. The van der Waals surface area contributed by atoms with Crippen molar-refractivity contribution in [2.75, 3.05) is 47.4 Å². The van der Waals surface area contributed by atoms with Crippen LogP contribution >= 0.6 is 0 Å². The van der Waals surface area contributed by atoms with Gasteiger partial charge in [0.1, 0.15) is 26.2 Å². The predicted molar refractivity (Wildman–Crippen MR) is 117 cm³/mol. The number of tetrazole rings is 1. The van der Waals surface area contributed by atoms with E-state index in [9.17, 15) is 0 Å². The maximum absolute atomic E-state index is 5.81. The molecule has 8 nitrogen and oxygen atoms in total. The number of nitrogens with one attached hydrogen (secondary N) is 2. The van der Waals surface area contributed by atoms with Gasteiger partial charge in [0.05, 0.1) is 26.8 Å². The maximum Gasteiger partial charge on any atom is 0.214 e. The second-order valence-electron chi connectivity index (χ2n) is 8.13. The van der Waals surface area contributed by atoms with Crippen molar-refractivity contribution in [3.05, 3.63) is 65.5 Å². The third-order valence-electron chi connectivity index (χ3n) is 6.17. The first kappa shape index (κ1) is 21.3. The molecule has 0 saturated carbocycles. The molecule has 1 saturated heterocycles. The van der Waals surface area contributed by atoms with Crippen molar-refractivity contribution in [3.63, 3.8) is 0 Å². The first-order chi connectivity index (χ1) is 15.2. The van der Waals surface area contributed by atoms with E-state index < -0.39 is 0 Å². The van der Waals surface area contributed by atoms with Gasteiger partial charge in [0.15, 0.2) is 17.5 Å². The molecule has 1 aromatic heterocycles. The molecule has 8 heteroatoms. The molecule has 2 aromatic carbocycles. The van der Waals surface area contributed by atoms with Gasteiger partial charge in [-0.1, -0.05) is 36.4 Å². The van der Waals surface area contributed by atoms with Crippen molar-refractivity contribution in [1.29, 1.82) is 0 Å². The van der Waals surface area contributed by atoms with E-state index in [2.05, 4.69) is 52.9 Å². The van der Waals surface area contributed by atoms with Crippen LogP contribution in [0, 0.1) is 0 Å². The number of benzene rings is 2. The Bertz CT molecular complexity index is 969. The van der Waals surface area contributed by atoms with Crippen LogP contribution in [0.1, 0.15) is 23.0 Å². The van der Waals surface area contributed by atoms with Gasteiger partial charge in [-0.2, -0.15) is 0 Å². The summed E-state index contributed by atoms with van der Waals surface area (Å²) in [5, 5.41) is 12.9. The summed E-state index contributed by atoms with van der Waals surface area (Å²) in [7, 11) is 5.62. The number of methoxy groups -OCH3 is 2. The largest absolute Gasteiger partial charge is 0.493 e. The van der Waals surface area contributed by atoms with Crippen molar-refractivity contribution in [3.8, 4) is 11.5 Å². The Morgan fingerprint density at radius 3 is 2.45 bits per heavy atom. The maximum atomic E-state index is 5.81. The van der Waals surface area contributed by atoms with Crippen molar-refractivity contribution >= 4 is 0 Å². The first-order valence-electron chi connectivity index (χ1n) is 10.9. The molecular weight excluding hydrogens is 392 g/mol. The van der Waals surface area contributed by atoms with E-state index in [4.69, 9.17) is 9.47 Å². The zero-order chi connectivity index (χ0) is 21.6. The van der Waals surface area contributed by atoms with Crippen molar-refractivity contribution in [1.82, 2.24) is 20.2 Å². The molecule has 0 radical (unpaired) electrons. The van der Waals surface area contributed by atoms with Gasteiger partial charge in [-0.15, -0.1) is 5.10 Å². The average molecular weight is 425 g/mol. The molecule has 164 valence electrons. The number of quaternary nitrogens is 2. The molecule has 3 aromatic rings. The van der Waals surface area contributed by atoms with Gasteiger partial charge in [0.25, 0.3) is 0 Å². The molecule has 0 amide bonds. The lowest BCUT2D eigenvalue weighted by Gasteiger charge is -2.33. The second kappa shape index (κ2) is 9.89. The van der Waals surface area contributed by atoms with E-state index in [1.165, 1.54) is 10.5 Å². The summed E-state index contributed by atoms with van der Waals surface area (Å²) in [5.74, 6) is 2.36. The number of aryl methyl sites for hydroxylation is 2. The molecule has 0 bridgehead atoms. The molecule has 1 fully saturated rings. The molecule has 0 spiro atoms. The van der Waals surface area contributed by atoms with Crippen molar-refractivity contribution in [2.45, 2.75) is 19.0 Å². The highest BCUT2D eigenvalue weighted by Crippen LogP contribution is 2.35. The number of piperazine rings is 1. The Kier molecular flexibility index (Phi) is 6.79. The Balaban J connectivity index is 1.70. The fourth-order valence-corrected chi connectivity index (χ4v) is 4.42. The molecule has 1 aliphatic heterocycles. The lowest BCUT2D eigenvalue weighted by atomic mass is 10.0. The average Bonchev–Trinajstić information content (AvgIpc) is 3.27. The summed E-state index contributed by atoms with van der Waals surface area (Å²) < 4.78 is 13.3. The van der Waals surface area contributed by atoms with E-state index in [-0.39, 0.29) is 6.04 Å². The van der Waals surface area contributed by atoms with Crippen LogP contribution in [0.15, 0.2) is 48.5 Å². The molecule has 0 aliphatic carbocycles. The van der Waals surface area contributed by atoms with E-state index in [1.807, 2.05) is 22.9 Å². The Labute approximate surface area is 183 Å². The fraction of sp³-hybridized carbons (Fsp3) is 0.435. The summed E-state index contributed by atoms with van der Waals surface area (Å²) in [6.07, 6.45) is 0.878. The predicted octanol–water partition coefficient (Wildman–Crippen LogP) is -0.564.